The highest BCUT2D eigenvalue weighted by molar-refractivity contribution is 5.71. The summed E-state index contributed by atoms with van der Waals surface area (Å²) in [5.74, 6) is -0.951. The lowest BCUT2D eigenvalue weighted by Crippen LogP contribution is -2.30. The molecule has 0 heterocycles. The van der Waals surface area contributed by atoms with Gasteiger partial charge >= 0.3 is 17.9 Å². The fraction of sp³-hybridized carbons (Fsp3) is 0.776. The number of rotatable bonds is 49. The van der Waals surface area contributed by atoms with Crippen LogP contribution in [0, 0.1) is 0 Å². The van der Waals surface area contributed by atoms with E-state index >= 15 is 0 Å². The first-order chi connectivity index (χ1) is 31.5. The molecule has 0 bridgehead atoms. The Hall–Kier alpha value is -2.89. The molecule has 0 aromatic heterocycles. The van der Waals surface area contributed by atoms with Gasteiger partial charge in [0.2, 0.25) is 0 Å². The van der Waals surface area contributed by atoms with E-state index in [0.29, 0.717) is 19.3 Å². The van der Waals surface area contributed by atoms with Gasteiger partial charge in [0.15, 0.2) is 6.10 Å². The molecule has 0 saturated heterocycles. The van der Waals surface area contributed by atoms with Crippen molar-refractivity contribution in [2.45, 2.75) is 277 Å². The fourth-order valence-electron chi connectivity index (χ4n) is 7.61. The van der Waals surface area contributed by atoms with Gasteiger partial charge in [-0.1, -0.05) is 229 Å². The van der Waals surface area contributed by atoms with Crippen LogP contribution >= 0.6 is 0 Å². The molecule has 0 radical (unpaired) electrons. The van der Waals surface area contributed by atoms with Crippen LogP contribution in [0.2, 0.25) is 0 Å². The highest BCUT2D eigenvalue weighted by Crippen LogP contribution is 2.15. The van der Waals surface area contributed by atoms with Gasteiger partial charge in [0.25, 0.3) is 0 Å². The van der Waals surface area contributed by atoms with Crippen LogP contribution in [0.4, 0.5) is 0 Å². The van der Waals surface area contributed by atoms with Crippen LogP contribution in [0.3, 0.4) is 0 Å². The minimum atomic E-state index is -0.797. The molecule has 6 heteroatoms. The number of carbonyl (C=O) groups excluding carboxylic acids is 3. The van der Waals surface area contributed by atoms with Crippen molar-refractivity contribution in [1.29, 1.82) is 0 Å². The number of hydrogen-bond acceptors (Lipinski definition) is 6. The Balaban J connectivity index is 4.46. The third-order valence-electron chi connectivity index (χ3n) is 11.7. The van der Waals surface area contributed by atoms with Crippen LogP contribution in [-0.4, -0.2) is 37.2 Å². The van der Waals surface area contributed by atoms with Crippen molar-refractivity contribution in [3.8, 4) is 0 Å². The van der Waals surface area contributed by atoms with E-state index in [1.54, 1.807) is 0 Å². The molecule has 0 fully saturated rings. The Morgan fingerprint density at radius 3 is 0.984 bits per heavy atom. The Labute approximate surface area is 396 Å². The van der Waals surface area contributed by atoms with Crippen LogP contribution in [0.15, 0.2) is 60.8 Å². The second-order valence-corrected chi connectivity index (χ2v) is 18.1. The van der Waals surface area contributed by atoms with Crippen molar-refractivity contribution in [2.75, 3.05) is 13.2 Å². The topological polar surface area (TPSA) is 78.9 Å². The van der Waals surface area contributed by atoms with Crippen LogP contribution in [0.25, 0.3) is 0 Å². The smallest absolute Gasteiger partial charge is 0.306 e. The molecule has 0 saturated carbocycles. The Kier molecular flexibility index (Phi) is 50.4. The highest BCUT2D eigenvalue weighted by atomic mass is 16.6. The normalized spacial score (nSPS) is 12.5. The largest absolute Gasteiger partial charge is 0.462 e. The van der Waals surface area contributed by atoms with Crippen molar-refractivity contribution in [3.05, 3.63) is 60.8 Å². The lowest BCUT2D eigenvalue weighted by Gasteiger charge is -2.18. The summed E-state index contributed by atoms with van der Waals surface area (Å²) >= 11 is 0. The zero-order valence-corrected chi connectivity index (χ0v) is 42.3. The highest BCUT2D eigenvalue weighted by Gasteiger charge is 2.19. The van der Waals surface area contributed by atoms with Crippen LogP contribution < -0.4 is 0 Å². The fourth-order valence-corrected chi connectivity index (χ4v) is 7.61. The maximum absolute atomic E-state index is 12.8. The maximum Gasteiger partial charge on any atom is 0.306 e. The molecule has 1 atom stereocenters. The number of esters is 3. The first kappa shape index (κ1) is 61.1. The van der Waals surface area contributed by atoms with Gasteiger partial charge in [-0.2, -0.15) is 0 Å². The molecular formula is C58H102O6. The molecule has 0 amide bonds. The van der Waals surface area contributed by atoms with Gasteiger partial charge in [-0.25, -0.2) is 0 Å². The van der Waals surface area contributed by atoms with E-state index in [0.717, 1.165) is 70.6 Å². The first-order valence-electron chi connectivity index (χ1n) is 27.3. The van der Waals surface area contributed by atoms with Crippen molar-refractivity contribution >= 4 is 17.9 Å². The SMILES string of the molecule is CCCCC/C=C\C/C=C\C/C=C\C/C=C\CCCC(=O)OC[C@@H](COC(=O)CCCCCCC/C=C\CCCCCCC)OC(=O)CCCCCCCCCCCCCCCCC. The minimum Gasteiger partial charge on any atom is -0.462 e. The summed E-state index contributed by atoms with van der Waals surface area (Å²) in [4.78, 5) is 38.0. The quantitative estimate of drug-likeness (QED) is 0.0262. The molecule has 0 aliphatic carbocycles. The van der Waals surface area contributed by atoms with Gasteiger partial charge in [0.1, 0.15) is 13.2 Å². The zero-order valence-electron chi connectivity index (χ0n) is 42.3. The summed E-state index contributed by atoms with van der Waals surface area (Å²) in [6.07, 6.45) is 64.9. The van der Waals surface area contributed by atoms with Gasteiger partial charge in [-0.05, 0) is 83.5 Å². The maximum atomic E-state index is 12.8. The Bertz CT molecular complexity index is 1170. The summed E-state index contributed by atoms with van der Waals surface area (Å²) in [5, 5.41) is 0. The van der Waals surface area contributed by atoms with Gasteiger partial charge in [-0.15, -0.1) is 0 Å². The zero-order chi connectivity index (χ0) is 46.5. The van der Waals surface area contributed by atoms with Gasteiger partial charge in [-0.3, -0.25) is 14.4 Å². The van der Waals surface area contributed by atoms with E-state index in [2.05, 4.69) is 81.5 Å². The summed E-state index contributed by atoms with van der Waals surface area (Å²) in [6.45, 7) is 6.56. The molecule has 0 rings (SSSR count). The van der Waals surface area contributed by atoms with E-state index in [4.69, 9.17) is 14.2 Å². The van der Waals surface area contributed by atoms with Crippen LogP contribution in [0.5, 0.6) is 0 Å². The van der Waals surface area contributed by atoms with Crippen LogP contribution in [-0.2, 0) is 28.6 Å². The molecule has 370 valence electrons. The predicted molar refractivity (Wildman–Crippen MR) is 275 cm³/mol. The number of ether oxygens (including phenoxy) is 3. The standard InChI is InChI=1S/C58H102O6/c1-4-7-10-13-16-19-22-25-28-29-31-33-36-39-42-45-48-51-57(60)63-54-55(53-62-56(59)50-47-44-41-38-35-32-27-24-21-18-15-12-9-6-3)64-58(61)52-49-46-43-40-37-34-30-26-23-20-17-14-11-8-5-2/h16,19,24-25,27-28,31,33,39,42,55H,4-15,17-18,20-23,26,29-30,32,34-38,40-41,43-54H2,1-3H3/b19-16-,27-24-,28-25-,33-31-,42-39-/t55-/m1/s1. The predicted octanol–water partition coefficient (Wildman–Crippen LogP) is 18.0. The summed E-state index contributed by atoms with van der Waals surface area (Å²) in [6, 6.07) is 0. The van der Waals surface area contributed by atoms with Crippen molar-refractivity contribution in [1.82, 2.24) is 0 Å². The monoisotopic (exact) mass is 895 g/mol. The number of hydrogen-bond donors (Lipinski definition) is 0. The molecule has 0 spiro atoms. The second-order valence-electron chi connectivity index (χ2n) is 18.1. The summed E-state index contributed by atoms with van der Waals surface area (Å²) < 4.78 is 16.8. The summed E-state index contributed by atoms with van der Waals surface area (Å²) in [5.41, 5.74) is 0. The van der Waals surface area contributed by atoms with Gasteiger partial charge < -0.3 is 14.2 Å². The minimum absolute atomic E-state index is 0.0934. The van der Waals surface area contributed by atoms with Gasteiger partial charge in [0.05, 0.1) is 0 Å². The van der Waals surface area contributed by atoms with E-state index in [-0.39, 0.29) is 37.5 Å². The third kappa shape index (κ3) is 50.1. The third-order valence-corrected chi connectivity index (χ3v) is 11.7. The van der Waals surface area contributed by atoms with Crippen LogP contribution in [0.1, 0.15) is 271 Å². The molecule has 64 heavy (non-hydrogen) atoms. The van der Waals surface area contributed by atoms with Crippen molar-refractivity contribution < 1.29 is 28.6 Å². The molecule has 0 aliphatic heterocycles. The average Bonchev–Trinajstić information content (AvgIpc) is 3.29. The molecule has 0 N–H and O–H groups in total. The van der Waals surface area contributed by atoms with E-state index in [1.165, 1.54) is 154 Å². The summed E-state index contributed by atoms with van der Waals surface area (Å²) in [7, 11) is 0. The van der Waals surface area contributed by atoms with E-state index < -0.39 is 6.10 Å². The molecule has 0 unspecified atom stereocenters. The molecule has 0 aromatic carbocycles. The number of unbranched alkanes of at least 4 members (excludes halogenated alkanes) is 28. The van der Waals surface area contributed by atoms with Gasteiger partial charge in [0, 0.05) is 19.3 Å². The molecule has 6 nitrogen and oxygen atoms in total. The van der Waals surface area contributed by atoms with E-state index in [9.17, 15) is 14.4 Å². The number of allylic oxidation sites excluding steroid dienone is 10. The molecule has 0 aliphatic rings. The lowest BCUT2D eigenvalue weighted by atomic mass is 10.0. The Morgan fingerprint density at radius 1 is 0.312 bits per heavy atom. The van der Waals surface area contributed by atoms with E-state index in [1.807, 2.05) is 0 Å². The lowest BCUT2D eigenvalue weighted by molar-refractivity contribution is -0.167. The average molecular weight is 895 g/mol. The Morgan fingerprint density at radius 2 is 0.578 bits per heavy atom. The molecular weight excluding hydrogens is 793 g/mol. The first-order valence-corrected chi connectivity index (χ1v) is 27.3. The van der Waals surface area contributed by atoms with Crippen molar-refractivity contribution in [2.24, 2.45) is 0 Å². The second kappa shape index (κ2) is 52.7. The molecule has 0 aromatic rings. The van der Waals surface area contributed by atoms with Crippen molar-refractivity contribution in [3.63, 3.8) is 0 Å². The number of carbonyl (C=O) groups is 3.